The topological polar surface area (TPSA) is 87.4 Å². The Morgan fingerprint density at radius 3 is 2.89 bits per heavy atom. The number of amides is 1. The van der Waals surface area contributed by atoms with Gasteiger partial charge in [0.25, 0.3) is 0 Å². The van der Waals surface area contributed by atoms with Crippen molar-refractivity contribution in [3.8, 4) is 0 Å². The number of hydrogen-bond donors (Lipinski definition) is 1. The summed E-state index contributed by atoms with van der Waals surface area (Å²) in [5.41, 5.74) is 0. The molecule has 1 aromatic rings. The Morgan fingerprint density at radius 2 is 2.17 bits per heavy atom. The molecule has 1 aliphatic rings. The van der Waals surface area contributed by atoms with E-state index < -0.39 is 0 Å². The van der Waals surface area contributed by atoms with Crippen molar-refractivity contribution < 1.29 is 9.90 Å². The fraction of sp³-hybridized carbons (Fsp3) is 0.800. The van der Waals surface area contributed by atoms with E-state index in [4.69, 9.17) is 5.11 Å². The normalized spacial score (nSPS) is 17.7. The van der Waals surface area contributed by atoms with Gasteiger partial charge in [-0.1, -0.05) is 0 Å². The van der Waals surface area contributed by atoms with E-state index in [0.29, 0.717) is 13.1 Å². The molecule has 0 aromatic carbocycles. The van der Waals surface area contributed by atoms with E-state index >= 15 is 0 Å². The van der Waals surface area contributed by atoms with Crippen molar-refractivity contribution in [3.63, 3.8) is 0 Å². The highest BCUT2D eigenvalue weighted by Crippen LogP contribution is 2.03. The molecule has 1 amide bonds. The molecule has 1 saturated heterocycles. The Labute approximate surface area is 105 Å². The van der Waals surface area contributed by atoms with Crippen LogP contribution in [0.25, 0.3) is 0 Å². The van der Waals surface area contributed by atoms with Crippen molar-refractivity contribution >= 4 is 5.91 Å². The van der Waals surface area contributed by atoms with E-state index in [0.717, 1.165) is 26.1 Å². The molecule has 0 atom stereocenters. The predicted octanol–water partition coefficient (Wildman–Crippen LogP) is -1.80. The van der Waals surface area contributed by atoms with Crippen molar-refractivity contribution in [3.05, 3.63) is 6.33 Å². The molecule has 0 spiro atoms. The van der Waals surface area contributed by atoms with Crippen LogP contribution in [0.5, 0.6) is 0 Å². The number of aromatic nitrogens is 4. The molecule has 1 aromatic heterocycles. The second-order valence-corrected chi connectivity index (χ2v) is 4.31. The van der Waals surface area contributed by atoms with Gasteiger partial charge in [0.05, 0.1) is 6.61 Å². The molecule has 1 N–H and O–H groups in total. The van der Waals surface area contributed by atoms with Crippen LogP contribution >= 0.6 is 0 Å². The SMILES string of the molecule is O=C(Cn1cnnn1)N1CCCN(CCO)CC1. The average Bonchev–Trinajstić information content (AvgIpc) is 2.74. The van der Waals surface area contributed by atoms with E-state index in [9.17, 15) is 4.79 Å². The highest BCUT2D eigenvalue weighted by atomic mass is 16.3. The molecule has 8 heteroatoms. The molecule has 100 valence electrons. The molecule has 0 saturated carbocycles. The summed E-state index contributed by atoms with van der Waals surface area (Å²) >= 11 is 0. The lowest BCUT2D eigenvalue weighted by Crippen LogP contribution is -2.37. The number of β-amino-alcohol motifs (C(OH)–C–C–N with tert-alkyl or cyclic N) is 1. The first-order chi connectivity index (χ1) is 8.79. The third kappa shape index (κ3) is 3.47. The van der Waals surface area contributed by atoms with E-state index in [1.807, 2.05) is 4.90 Å². The maximum Gasteiger partial charge on any atom is 0.244 e. The van der Waals surface area contributed by atoms with Crippen LogP contribution in [0.15, 0.2) is 6.33 Å². The minimum Gasteiger partial charge on any atom is -0.395 e. The van der Waals surface area contributed by atoms with Gasteiger partial charge in [0.1, 0.15) is 12.9 Å². The van der Waals surface area contributed by atoms with Crippen molar-refractivity contribution in [2.75, 3.05) is 39.3 Å². The third-order valence-corrected chi connectivity index (χ3v) is 3.05. The van der Waals surface area contributed by atoms with Crippen LogP contribution in [-0.2, 0) is 11.3 Å². The first-order valence-electron chi connectivity index (χ1n) is 6.11. The summed E-state index contributed by atoms with van der Waals surface area (Å²) in [6, 6.07) is 0. The maximum atomic E-state index is 12.0. The number of aliphatic hydroxyl groups is 1. The van der Waals surface area contributed by atoms with Crippen LogP contribution in [0.1, 0.15) is 6.42 Å². The van der Waals surface area contributed by atoms with Crippen molar-refractivity contribution in [2.24, 2.45) is 0 Å². The van der Waals surface area contributed by atoms with Crippen LogP contribution in [0.3, 0.4) is 0 Å². The molecular weight excluding hydrogens is 236 g/mol. The number of hydrogen-bond acceptors (Lipinski definition) is 6. The van der Waals surface area contributed by atoms with Gasteiger partial charge in [0, 0.05) is 26.2 Å². The quantitative estimate of drug-likeness (QED) is 0.682. The molecule has 0 bridgehead atoms. The highest BCUT2D eigenvalue weighted by molar-refractivity contribution is 5.75. The van der Waals surface area contributed by atoms with Crippen LogP contribution in [-0.4, -0.2) is 80.4 Å². The molecule has 8 nitrogen and oxygen atoms in total. The number of rotatable bonds is 4. The number of aliphatic hydroxyl groups excluding tert-OH is 1. The van der Waals surface area contributed by atoms with Crippen LogP contribution in [0.4, 0.5) is 0 Å². The monoisotopic (exact) mass is 254 g/mol. The van der Waals surface area contributed by atoms with E-state index in [2.05, 4.69) is 20.4 Å². The van der Waals surface area contributed by atoms with Gasteiger partial charge in [-0.2, -0.15) is 0 Å². The lowest BCUT2D eigenvalue weighted by atomic mass is 10.3. The van der Waals surface area contributed by atoms with Gasteiger partial charge < -0.3 is 10.0 Å². The summed E-state index contributed by atoms with van der Waals surface area (Å²) < 4.78 is 1.43. The third-order valence-electron chi connectivity index (χ3n) is 3.05. The average molecular weight is 254 g/mol. The van der Waals surface area contributed by atoms with Crippen molar-refractivity contribution in [1.29, 1.82) is 0 Å². The Balaban J connectivity index is 1.83. The molecule has 18 heavy (non-hydrogen) atoms. The van der Waals surface area contributed by atoms with Crippen molar-refractivity contribution in [2.45, 2.75) is 13.0 Å². The number of carbonyl (C=O) groups excluding carboxylic acids is 1. The second-order valence-electron chi connectivity index (χ2n) is 4.31. The van der Waals surface area contributed by atoms with Crippen LogP contribution in [0.2, 0.25) is 0 Å². The predicted molar refractivity (Wildman–Crippen MR) is 62.5 cm³/mol. The van der Waals surface area contributed by atoms with Gasteiger partial charge in [-0.05, 0) is 23.4 Å². The summed E-state index contributed by atoms with van der Waals surface area (Å²) in [5.74, 6) is 0.0353. The van der Waals surface area contributed by atoms with Crippen LogP contribution < -0.4 is 0 Å². The van der Waals surface area contributed by atoms with Crippen molar-refractivity contribution in [1.82, 2.24) is 30.0 Å². The fourth-order valence-electron chi connectivity index (χ4n) is 2.08. The van der Waals surface area contributed by atoms with Gasteiger partial charge in [-0.15, -0.1) is 5.10 Å². The second kappa shape index (κ2) is 6.41. The molecule has 1 fully saturated rings. The number of carbonyl (C=O) groups is 1. The van der Waals surface area contributed by atoms with Gasteiger partial charge in [-0.25, -0.2) is 4.68 Å². The number of tetrazole rings is 1. The summed E-state index contributed by atoms with van der Waals surface area (Å²) in [6.45, 7) is 4.21. The van der Waals surface area contributed by atoms with Gasteiger partial charge in [0.15, 0.2) is 0 Å². The maximum absolute atomic E-state index is 12.0. The van der Waals surface area contributed by atoms with Gasteiger partial charge >= 0.3 is 0 Å². The summed E-state index contributed by atoms with van der Waals surface area (Å²) in [4.78, 5) is 16.0. The zero-order valence-electron chi connectivity index (χ0n) is 10.3. The Bertz CT molecular complexity index is 368. The Morgan fingerprint density at radius 1 is 1.28 bits per heavy atom. The van der Waals surface area contributed by atoms with E-state index in [-0.39, 0.29) is 19.1 Å². The largest absolute Gasteiger partial charge is 0.395 e. The smallest absolute Gasteiger partial charge is 0.244 e. The lowest BCUT2D eigenvalue weighted by Gasteiger charge is -2.21. The molecule has 1 aliphatic heterocycles. The Kier molecular flexibility index (Phi) is 4.59. The molecule has 0 radical (unpaired) electrons. The standard InChI is InChI=1S/C10H18N6O2/c17-7-6-14-2-1-3-15(5-4-14)10(18)8-16-9-11-12-13-16/h9,17H,1-8H2. The van der Waals surface area contributed by atoms with Gasteiger partial charge in [-0.3, -0.25) is 9.69 Å². The molecule has 0 unspecified atom stereocenters. The molecule has 2 heterocycles. The first kappa shape index (κ1) is 12.9. The minimum absolute atomic E-state index is 0.0353. The first-order valence-corrected chi connectivity index (χ1v) is 6.11. The number of nitrogens with zero attached hydrogens (tertiary/aromatic N) is 6. The summed E-state index contributed by atoms with van der Waals surface area (Å²) in [5, 5.41) is 19.6. The highest BCUT2D eigenvalue weighted by Gasteiger charge is 2.19. The van der Waals surface area contributed by atoms with E-state index in [1.54, 1.807) is 0 Å². The summed E-state index contributed by atoms with van der Waals surface area (Å²) in [7, 11) is 0. The summed E-state index contributed by atoms with van der Waals surface area (Å²) in [6.07, 6.45) is 2.37. The van der Waals surface area contributed by atoms with Gasteiger partial charge in [0.2, 0.25) is 5.91 Å². The van der Waals surface area contributed by atoms with E-state index in [1.165, 1.54) is 11.0 Å². The van der Waals surface area contributed by atoms with Crippen LogP contribution in [0, 0.1) is 0 Å². The molecule has 2 rings (SSSR count). The lowest BCUT2D eigenvalue weighted by molar-refractivity contribution is -0.131. The zero-order chi connectivity index (χ0) is 12.8. The molecule has 0 aliphatic carbocycles. The fourth-order valence-corrected chi connectivity index (χ4v) is 2.08. The zero-order valence-corrected chi connectivity index (χ0v) is 10.3. The molecular formula is C10H18N6O2. The Hall–Kier alpha value is -1.54. The minimum atomic E-state index is 0.0353.